The highest BCUT2D eigenvalue weighted by atomic mass is 16.5. The van der Waals surface area contributed by atoms with Gasteiger partial charge in [-0.2, -0.15) is 0 Å². The molecule has 3 heteroatoms. The first-order valence-corrected chi connectivity index (χ1v) is 7.60. The summed E-state index contributed by atoms with van der Waals surface area (Å²) in [5.74, 6) is 2.25. The van der Waals surface area contributed by atoms with Crippen LogP contribution in [0.15, 0.2) is 12.1 Å². The van der Waals surface area contributed by atoms with Gasteiger partial charge >= 0.3 is 0 Å². The summed E-state index contributed by atoms with van der Waals surface area (Å²) in [6, 6.07) is 4.27. The molecule has 0 spiro atoms. The van der Waals surface area contributed by atoms with Gasteiger partial charge in [-0.25, -0.2) is 0 Å². The molecule has 0 fully saturated rings. The van der Waals surface area contributed by atoms with Crippen LogP contribution in [0.25, 0.3) is 0 Å². The smallest absolute Gasteiger partial charge is 0.119 e. The quantitative estimate of drug-likeness (QED) is 0.806. The van der Waals surface area contributed by atoms with Crippen molar-refractivity contribution in [1.82, 2.24) is 0 Å². The Hall–Kier alpha value is -1.06. The Bertz CT molecular complexity index is 404. The molecule has 0 radical (unpaired) electrons. The van der Waals surface area contributed by atoms with E-state index in [2.05, 4.69) is 39.8 Å². The molecule has 4 N–H and O–H groups in total. The minimum Gasteiger partial charge on any atom is -0.494 e. The van der Waals surface area contributed by atoms with Crippen molar-refractivity contribution in [2.24, 2.45) is 23.3 Å². The van der Waals surface area contributed by atoms with Gasteiger partial charge in [-0.05, 0) is 80.4 Å². The molecule has 1 rings (SSSR count). The molecule has 0 saturated heterocycles. The molecule has 20 heavy (non-hydrogen) atoms. The van der Waals surface area contributed by atoms with Crippen LogP contribution in [0, 0.1) is 25.7 Å². The van der Waals surface area contributed by atoms with Gasteiger partial charge in [0.05, 0.1) is 6.61 Å². The van der Waals surface area contributed by atoms with E-state index in [1.807, 2.05) is 6.92 Å². The molecular weight excluding hydrogens is 248 g/mol. The molecule has 0 amide bonds. The molecule has 0 heterocycles. The minimum absolute atomic E-state index is 0.371. The predicted molar refractivity (Wildman–Crippen MR) is 86.3 cm³/mol. The third kappa shape index (κ3) is 3.74. The molecule has 0 saturated carbocycles. The van der Waals surface area contributed by atoms with Crippen LogP contribution in [0.2, 0.25) is 0 Å². The van der Waals surface area contributed by atoms with E-state index in [-0.39, 0.29) is 0 Å². The molecule has 2 atom stereocenters. The lowest BCUT2D eigenvalue weighted by atomic mass is 9.77. The van der Waals surface area contributed by atoms with Gasteiger partial charge in [0.25, 0.3) is 0 Å². The van der Waals surface area contributed by atoms with E-state index in [1.165, 1.54) is 16.7 Å². The maximum atomic E-state index is 5.84. The van der Waals surface area contributed by atoms with Crippen LogP contribution in [0.5, 0.6) is 5.75 Å². The zero-order chi connectivity index (χ0) is 15.3. The summed E-state index contributed by atoms with van der Waals surface area (Å²) in [6.07, 6.45) is 0. The average Bonchev–Trinajstić information content (AvgIpc) is 2.39. The van der Waals surface area contributed by atoms with Crippen molar-refractivity contribution in [2.75, 3.05) is 19.7 Å². The second kappa shape index (κ2) is 7.65. The lowest BCUT2D eigenvalue weighted by molar-refractivity contribution is 0.325. The average molecular weight is 278 g/mol. The zero-order valence-corrected chi connectivity index (χ0v) is 13.6. The molecule has 0 aliphatic rings. The molecule has 0 aliphatic carbocycles. The van der Waals surface area contributed by atoms with Gasteiger partial charge in [0, 0.05) is 0 Å². The van der Waals surface area contributed by atoms with Gasteiger partial charge in [-0.3, -0.25) is 0 Å². The van der Waals surface area contributed by atoms with Crippen molar-refractivity contribution in [1.29, 1.82) is 0 Å². The van der Waals surface area contributed by atoms with Gasteiger partial charge in [0.1, 0.15) is 5.75 Å². The third-order valence-corrected chi connectivity index (χ3v) is 4.47. The minimum atomic E-state index is 0.371. The van der Waals surface area contributed by atoms with Crippen molar-refractivity contribution in [2.45, 2.75) is 40.5 Å². The SMILES string of the molecule is CCOc1cc(C)c(C(C)C(C)C(CN)CN)c(C)c1. The molecular formula is C17H30N2O. The summed E-state index contributed by atoms with van der Waals surface area (Å²) < 4.78 is 5.61. The molecule has 114 valence electrons. The van der Waals surface area contributed by atoms with E-state index < -0.39 is 0 Å². The number of rotatable bonds is 7. The van der Waals surface area contributed by atoms with Crippen LogP contribution >= 0.6 is 0 Å². The number of hydrogen-bond donors (Lipinski definition) is 2. The lowest BCUT2D eigenvalue weighted by Crippen LogP contribution is -2.32. The number of hydrogen-bond acceptors (Lipinski definition) is 3. The van der Waals surface area contributed by atoms with Crippen LogP contribution in [0.4, 0.5) is 0 Å². The summed E-state index contributed by atoms with van der Waals surface area (Å²) >= 11 is 0. The molecule has 3 nitrogen and oxygen atoms in total. The highest BCUT2D eigenvalue weighted by Crippen LogP contribution is 2.35. The van der Waals surface area contributed by atoms with Crippen molar-refractivity contribution in [3.8, 4) is 5.75 Å². The van der Waals surface area contributed by atoms with Gasteiger partial charge in [-0.1, -0.05) is 13.8 Å². The second-order valence-electron chi connectivity index (χ2n) is 5.78. The van der Waals surface area contributed by atoms with E-state index in [4.69, 9.17) is 16.2 Å². The van der Waals surface area contributed by atoms with Crippen LogP contribution < -0.4 is 16.2 Å². The predicted octanol–water partition coefficient (Wildman–Crippen LogP) is 2.98. The fourth-order valence-corrected chi connectivity index (χ4v) is 3.10. The van der Waals surface area contributed by atoms with Crippen LogP contribution in [0.1, 0.15) is 43.4 Å². The Labute approximate surface area is 123 Å². The molecule has 0 aromatic heterocycles. The van der Waals surface area contributed by atoms with Crippen molar-refractivity contribution >= 4 is 0 Å². The Morgan fingerprint density at radius 1 is 1.05 bits per heavy atom. The summed E-state index contributed by atoms with van der Waals surface area (Å²) in [7, 11) is 0. The fraction of sp³-hybridized carbons (Fsp3) is 0.647. The van der Waals surface area contributed by atoms with E-state index in [0.29, 0.717) is 37.5 Å². The molecule has 1 aromatic carbocycles. The van der Waals surface area contributed by atoms with Crippen LogP contribution in [-0.2, 0) is 0 Å². The summed E-state index contributed by atoms with van der Waals surface area (Å²) in [5.41, 5.74) is 15.7. The highest BCUT2D eigenvalue weighted by molar-refractivity contribution is 5.43. The summed E-state index contributed by atoms with van der Waals surface area (Å²) in [4.78, 5) is 0. The topological polar surface area (TPSA) is 61.3 Å². The highest BCUT2D eigenvalue weighted by Gasteiger charge is 2.24. The Balaban J connectivity index is 3.06. The fourth-order valence-electron chi connectivity index (χ4n) is 3.10. The number of aryl methyl sites for hydroxylation is 2. The van der Waals surface area contributed by atoms with Gasteiger partial charge in [-0.15, -0.1) is 0 Å². The number of ether oxygens (including phenoxy) is 1. The van der Waals surface area contributed by atoms with Crippen molar-refractivity contribution < 1.29 is 4.74 Å². The Morgan fingerprint density at radius 2 is 1.55 bits per heavy atom. The van der Waals surface area contributed by atoms with Crippen molar-refractivity contribution in [3.05, 3.63) is 28.8 Å². The van der Waals surface area contributed by atoms with Crippen molar-refractivity contribution in [3.63, 3.8) is 0 Å². The Kier molecular flexibility index (Phi) is 6.50. The normalized spacial score (nSPS) is 14.4. The second-order valence-corrected chi connectivity index (χ2v) is 5.78. The summed E-state index contributed by atoms with van der Waals surface area (Å²) in [5, 5.41) is 0. The van der Waals surface area contributed by atoms with E-state index >= 15 is 0 Å². The van der Waals surface area contributed by atoms with Gasteiger partial charge in [0.2, 0.25) is 0 Å². The largest absolute Gasteiger partial charge is 0.494 e. The third-order valence-electron chi connectivity index (χ3n) is 4.47. The monoisotopic (exact) mass is 278 g/mol. The van der Waals surface area contributed by atoms with Gasteiger partial charge in [0.15, 0.2) is 0 Å². The van der Waals surface area contributed by atoms with Crippen LogP contribution in [-0.4, -0.2) is 19.7 Å². The lowest BCUT2D eigenvalue weighted by Gasteiger charge is -2.29. The maximum Gasteiger partial charge on any atom is 0.119 e. The number of benzene rings is 1. The van der Waals surface area contributed by atoms with Gasteiger partial charge < -0.3 is 16.2 Å². The molecule has 2 unspecified atom stereocenters. The molecule has 1 aromatic rings. The number of nitrogens with two attached hydrogens (primary N) is 2. The zero-order valence-electron chi connectivity index (χ0n) is 13.6. The van der Waals surface area contributed by atoms with E-state index in [1.54, 1.807) is 0 Å². The first kappa shape index (κ1) is 17.0. The summed E-state index contributed by atoms with van der Waals surface area (Å²) in [6.45, 7) is 12.9. The molecule has 0 bridgehead atoms. The van der Waals surface area contributed by atoms with E-state index in [9.17, 15) is 0 Å². The maximum absolute atomic E-state index is 5.84. The van der Waals surface area contributed by atoms with E-state index in [0.717, 1.165) is 5.75 Å². The first-order chi connectivity index (χ1) is 9.46. The van der Waals surface area contributed by atoms with Crippen LogP contribution in [0.3, 0.4) is 0 Å². The Morgan fingerprint density at radius 3 is 1.95 bits per heavy atom. The standard InChI is InChI=1S/C17H30N2O/c1-6-20-16-7-11(2)17(12(3)8-16)14(5)13(4)15(9-18)10-19/h7-8,13-15H,6,9-10,18-19H2,1-5H3. The first-order valence-electron chi connectivity index (χ1n) is 7.60. The molecule has 0 aliphatic heterocycles.